The molecule has 1 aromatic carbocycles. The zero-order valence-corrected chi connectivity index (χ0v) is 8.48. The summed E-state index contributed by atoms with van der Waals surface area (Å²) in [6.45, 7) is 1.96. The number of benzene rings is 1. The molecule has 1 nitrogen and oxygen atoms in total. The van der Waals surface area contributed by atoms with Crippen LogP contribution in [0.3, 0.4) is 0 Å². The van der Waals surface area contributed by atoms with E-state index in [2.05, 4.69) is 4.98 Å². The number of halogens is 2. The van der Waals surface area contributed by atoms with E-state index in [9.17, 15) is 4.39 Å². The van der Waals surface area contributed by atoms with Crippen LogP contribution in [-0.2, 0) is 6.42 Å². The Bertz CT molecular complexity index is 482. The zero-order valence-electron chi connectivity index (χ0n) is 7.72. The minimum Gasteiger partial charge on any atom is -0.250 e. The normalized spacial score (nSPS) is 10.8. The molecule has 3 heteroatoms. The van der Waals surface area contributed by atoms with Gasteiger partial charge in [-0.1, -0.05) is 30.7 Å². The lowest BCUT2D eigenvalue weighted by Crippen LogP contribution is -1.91. The standard InChI is InChI=1S/C11H9ClFN/c1-2-7-6-9(12)8-4-3-5-10(13)11(8)14-7/h3-6H,2H2,1H3. The number of hydrogen-bond donors (Lipinski definition) is 0. The zero-order chi connectivity index (χ0) is 10.1. The molecule has 0 spiro atoms. The minimum atomic E-state index is -0.320. The van der Waals surface area contributed by atoms with E-state index in [0.29, 0.717) is 15.9 Å². The molecule has 0 saturated carbocycles. The largest absolute Gasteiger partial charge is 0.250 e. The molecule has 0 saturated heterocycles. The summed E-state index contributed by atoms with van der Waals surface area (Å²) in [6, 6.07) is 6.58. The summed E-state index contributed by atoms with van der Waals surface area (Å²) in [4.78, 5) is 4.19. The van der Waals surface area contributed by atoms with Gasteiger partial charge >= 0.3 is 0 Å². The molecule has 0 aliphatic rings. The van der Waals surface area contributed by atoms with E-state index in [0.717, 1.165) is 12.1 Å². The number of pyridine rings is 1. The third-order valence-electron chi connectivity index (χ3n) is 2.16. The molecule has 0 fully saturated rings. The lowest BCUT2D eigenvalue weighted by Gasteiger charge is -2.03. The third-order valence-corrected chi connectivity index (χ3v) is 2.47. The summed E-state index contributed by atoms with van der Waals surface area (Å²) in [5, 5.41) is 1.23. The van der Waals surface area contributed by atoms with Crippen molar-refractivity contribution in [3.63, 3.8) is 0 Å². The molecule has 0 aliphatic carbocycles. The van der Waals surface area contributed by atoms with Crippen molar-refractivity contribution >= 4 is 22.5 Å². The molecule has 1 heterocycles. The van der Waals surface area contributed by atoms with Crippen LogP contribution >= 0.6 is 11.6 Å². The number of aryl methyl sites for hydroxylation is 1. The second kappa shape index (κ2) is 3.54. The fourth-order valence-electron chi connectivity index (χ4n) is 1.40. The second-order valence-corrected chi connectivity index (χ2v) is 3.49. The number of hydrogen-bond acceptors (Lipinski definition) is 1. The molecule has 72 valence electrons. The van der Waals surface area contributed by atoms with Crippen LogP contribution in [0.2, 0.25) is 5.02 Å². The van der Waals surface area contributed by atoms with Gasteiger partial charge in [-0.15, -0.1) is 0 Å². The predicted molar refractivity (Wildman–Crippen MR) is 56.1 cm³/mol. The van der Waals surface area contributed by atoms with Crippen LogP contribution in [0, 0.1) is 5.82 Å². The van der Waals surface area contributed by atoms with Crippen molar-refractivity contribution in [2.24, 2.45) is 0 Å². The van der Waals surface area contributed by atoms with Gasteiger partial charge in [-0.05, 0) is 18.6 Å². The van der Waals surface area contributed by atoms with Crippen molar-refractivity contribution in [1.29, 1.82) is 0 Å². The Balaban J connectivity index is 2.83. The van der Waals surface area contributed by atoms with Crippen molar-refractivity contribution in [3.8, 4) is 0 Å². The first-order valence-electron chi connectivity index (χ1n) is 4.46. The quantitative estimate of drug-likeness (QED) is 0.700. The van der Waals surface area contributed by atoms with Gasteiger partial charge in [0, 0.05) is 11.1 Å². The molecule has 2 aromatic rings. The average molecular weight is 210 g/mol. The van der Waals surface area contributed by atoms with Gasteiger partial charge < -0.3 is 0 Å². The lowest BCUT2D eigenvalue weighted by molar-refractivity contribution is 0.636. The maximum atomic E-state index is 13.4. The molecular formula is C11H9ClFN. The molecule has 0 atom stereocenters. The Morgan fingerprint density at radius 1 is 1.43 bits per heavy atom. The summed E-state index contributed by atoms with van der Waals surface area (Å²) in [7, 11) is 0. The monoisotopic (exact) mass is 209 g/mol. The number of aromatic nitrogens is 1. The van der Waals surface area contributed by atoms with Crippen LogP contribution in [0.5, 0.6) is 0 Å². The Hall–Kier alpha value is -1.15. The first kappa shape index (κ1) is 9.41. The van der Waals surface area contributed by atoms with E-state index in [1.165, 1.54) is 6.07 Å². The van der Waals surface area contributed by atoms with Gasteiger partial charge in [0.15, 0.2) is 0 Å². The number of nitrogens with zero attached hydrogens (tertiary/aromatic N) is 1. The molecule has 0 amide bonds. The summed E-state index contributed by atoms with van der Waals surface area (Å²) in [6.07, 6.45) is 0.754. The van der Waals surface area contributed by atoms with E-state index in [4.69, 9.17) is 11.6 Å². The van der Waals surface area contributed by atoms with Gasteiger partial charge in [0.05, 0.1) is 5.02 Å². The van der Waals surface area contributed by atoms with Crippen molar-refractivity contribution in [2.45, 2.75) is 13.3 Å². The maximum absolute atomic E-state index is 13.4. The molecule has 0 N–H and O–H groups in total. The number of rotatable bonds is 1. The summed E-state index contributed by atoms with van der Waals surface area (Å²) < 4.78 is 13.4. The van der Waals surface area contributed by atoms with Crippen LogP contribution < -0.4 is 0 Å². The van der Waals surface area contributed by atoms with Gasteiger partial charge in [-0.3, -0.25) is 0 Å². The second-order valence-electron chi connectivity index (χ2n) is 3.08. The molecule has 0 bridgehead atoms. The number of para-hydroxylation sites is 1. The summed E-state index contributed by atoms with van der Waals surface area (Å²) >= 11 is 6.01. The van der Waals surface area contributed by atoms with Gasteiger partial charge in [-0.25, -0.2) is 9.37 Å². The molecule has 14 heavy (non-hydrogen) atoms. The molecular weight excluding hydrogens is 201 g/mol. The number of fused-ring (bicyclic) bond motifs is 1. The molecule has 2 rings (SSSR count). The Morgan fingerprint density at radius 2 is 2.21 bits per heavy atom. The summed E-state index contributed by atoms with van der Waals surface area (Å²) in [5.41, 5.74) is 1.17. The van der Waals surface area contributed by atoms with E-state index >= 15 is 0 Å². The third kappa shape index (κ3) is 1.46. The SMILES string of the molecule is CCc1cc(Cl)c2cccc(F)c2n1. The molecule has 1 aromatic heterocycles. The molecule has 0 radical (unpaired) electrons. The van der Waals surface area contributed by atoms with Crippen molar-refractivity contribution in [2.75, 3.05) is 0 Å². The highest BCUT2D eigenvalue weighted by Crippen LogP contribution is 2.24. The highest BCUT2D eigenvalue weighted by atomic mass is 35.5. The fourth-order valence-corrected chi connectivity index (χ4v) is 1.68. The topological polar surface area (TPSA) is 12.9 Å². The fraction of sp³-hybridized carbons (Fsp3) is 0.182. The van der Waals surface area contributed by atoms with E-state index in [1.54, 1.807) is 18.2 Å². The highest BCUT2D eigenvalue weighted by Gasteiger charge is 2.06. The first-order chi connectivity index (χ1) is 6.72. The lowest BCUT2D eigenvalue weighted by atomic mass is 10.2. The van der Waals surface area contributed by atoms with Crippen molar-refractivity contribution < 1.29 is 4.39 Å². The Labute approximate surface area is 86.5 Å². The smallest absolute Gasteiger partial charge is 0.149 e. The highest BCUT2D eigenvalue weighted by molar-refractivity contribution is 6.35. The maximum Gasteiger partial charge on any atom is 0.149 e. The van der Waals surface area contributed by atoms with Gasteiger partial charge in [-0.2, -0.15) is 0 Å². The van der Waals surface area contributed by atoms with Gasteiger partial charge in [0.25, 0.3) is 0 Å². The predicted octanol–water partition coefficient (Wildman–Crippen LogP) is 3.59. The minimum absolute atomic E-state index is 0.320. The van der Waals surface area contributed by atoms with E-state index in [-0.39, 0.29) is 5.82 Å². The van der Waals surface area contributed by atoms with Crippen molar-refractivity contribution in [3.05, 3.63) is 40.8 Å². The van der Waals surface area contributed by atoms with Crippen LogP contribution in [-0.4, -0.2) is 4.98 Å². The summed E-state index contributed by atoms with van der Waals surface area (Å²) in [5.74, 6) is -0.320. The van der Waals surface area contributed by atoms with Crippen LogP contribution in [0.4, 0.5) is 4.39 Å². The molecule has 0 aliphatic heterocycles. The van der Waals surface area contributed by atoms with Crippen LogP contribution in [0.1, 0.15) is 12.6 Å². The Kier molecular flexibility index (Phi) is 2.38. The van der Waals surface area contributed by atoms with Crippen LogP contribution in [0.15, 0.2) is 24.3 Å². The first-order valence-corrected chi connectivity index (χ1v) is 4.84. The van der Waals surface area contributed by atoms with Gasteiger partial charge in [0.2, 0.25) is 0 Å². The van der Waals surface area contributed by atoms with Gasteiger partial charge in [0.1, 0.15) is 11.3 Å². The molecule has 0 unspecified atom stereocenters. The van der Waals surface area contributed by atoms with E-state index in [1.807, 2.05) is 6.92 Å². The average Bonchev–Trinajstić information content (AvgIpc) is 2.19. The van der Waals surface area contributed by atoms with Crippen LogP contribution in [0.25, 0.3) is 10.9 Å². The van der Waals surface area contributed by atoms with Crippen molar-refractivity contribution in [1.82, 2.24) is 4.98 Å². The van der Waals surface area contributed by atoms with E-state index < -0.39 is 0 Å². The Morgan fingerprint density at radius 3 is 2.93 bits per heavy atom.